The number of nitrogens with zero attached hydrogens (tertiary/aromatic N) is 3. The van der Waals surface area contributed by atoms with E-state index < -0.39 is 0 Å². The lowest BCUT2D eigenvalue weighted by Crippen LogP contribution is -2.26. The van der Waals surface area contributed by atoms with Crippen molar-refractivity contribution in [1.29, 1.82) is 0 Å². The van der Waals surface area contributed by atoms with Gasteiger partial charge in [-0.3, -0.25) is 9.55 Å². The van der Waals surface area contributed by atoms with Crippen LogP contribution in [0.4, 0.5) is 0 Å². The molecule has 0 aliphatic carbocycles. The lowest BCUT2D eigenvalue weighted by molar-refractivity contribution is 0.691. The third-order valence-corrected chi connectivity index (χ3v) is 2.88. The summed E-state index contributed by atoms with van der Waals surface area (Å²) in [6.45, 7) is 4.21. The molecule has 0 saturated carbocycles. The van der Waals surface area contributed by atoms with Gasteiger partial charge in [-0.05, 0) is 47.5 Å². The second-order valence-electron chi connectivity index (χ2n) is 3.92. The van der Waals surface area contributed by atoms with Gasteiger partial charge in [-0.1, -0.05) is 0 Å². The van der Waals surface area contributed by atoms with Crippen LogP contribution in [0.5, 0.6) is 0 Å². The smallest absolute Gasteiger partial charge is 0.292 e. The summed E-state index contributed by atoms with van der Waals surface area (Å²) in [6.07, 6.45) is 3.46. The van der Waals surface area contributed by atoms with Crippen molar-refractivity contribution in [3.05, 3.63) is 56.4 Å². The van der Waals surface area contributed by atoms with E-state index in [4.69, 9.17) is 0 Å². The maximum Gasteiger partial charge on any atom is 0.348 e. The molecule has 0 aromatic carbocycles. The second-order valence-corrected chi connectivity index (χ2v) is 4.83. The summed E-state index contributed by atoms with van der Waals surface area (Å²) < 4.78 is 2.54. The highest BCUT2D eigenvalue weighted by molar-refractivity contribution is 9.10. The van der Waals surface area contributed by atoms with Crippen LogP contribution in [0.3, 0.4) is 0 Å². The van der Waals surface area contributed by atoms with Crippen molar-refractivity contribution >= 4 is 15.9 Å². The van der Waals surface area contributed by atoms with Crippen LogP contribution in [0.25, 0.3) is 0 Å². The van der Waals surface area contributed by atoms with Crippen molar-refractivity contribution in [3.63, 3.8) is 0 Å². The molecule has 0 N–H and O–H groups in total. The first-order valence-electron chi connectivity index (χ1n) is 5.21. The Hall–Kier alpha value is -1.49. The number of aryl methyl sites for hydroxylation is 2. The van der Waals surface area contributed by atoms with Crippen LogP contribution in [0.15, 0.2) is 33.8 Å². The average molecular weight is 294 g/mol. The predicted octanol–water partition coefficient (Wildman–Crippen LogP) is 2.07. The molecule has 0 fully saturated rings. The van der Waals surface area contributed by atoms with Gasteiger partial charge in [-0.15, -0.1) is 0 Å². The van der Waals surface area contributed by atoms with E-state index in [9.17, 15) is 4.79 Å². The Morgan fingerprint density at radius 1 is 1.29 bits per heavy atom. The van der Waals surface area contributed by atoms with Crippen LogP contribution < -0.4 is 5.69 Å². The van der Waals surface area contributed by atoms with Crippen LogP contribution in [-0.4, -0.2) is 14.5 Å². The standard InChI is InChI=1S/C12H12BrN3O/c1-8-3-9(2)16(12(17)15-8)7-10-4-11(13)6-14-5-10/h3-6H,7H2,1-2H3. The minimum absolute atomic E-state index is 0.220. The van der Waals surface area contributed by atoms with E-state index in [0.29, 0.717) is 6.54 Å². The SMILES string of the molecule is Cc1cc(C)n(Cc2cncc(Br)c2)c(=O)n1. The largest absolute Gasteiger partial charge is 0.348 e. The average Bonchev–Trinajstić information content (AvgIpc) is 2.23. The van der Waals surface area contributed by atoms with E-state index in [1.54, 1.807) is 17.0 Å². The van der Waals surface area contributed by atoms with Gasteiger partial charge in [0.25, 0.3) is 0 Å². The summed E-state index contributed by atoms with van der Waals surface area (Å²) in [4.78, 5) is 19.8. The summed E-state index contributed by atoms with van der Waals surface area (Å²) >= 11 is 3.36. The predicted molar refractivity (Wildman–Crippen MR) is 69.0 cm³/mol. The second kappa shape index (κ2) is 4.79. The Labute approximate surface area is 107 Å². The van der Waals surface area contributed by atoms with Gasteiger partial charge in [0, 0.05) is 28.3 Å². The Bertz CT molecular complexity index is 607. The fourth-order valence-corrected chi connectivity index (χ4v) is 2.10. The van der Waals surface area contributed by atoms with Gasteiger partial charge < -0.3 is 0 Å². The fourth-order valence-electron chi connectivity index (χ4n) is 1.69. The van der Waals surface area contributed by atoms with Gasteiger partial charge in [0.1, 0.15) is 0 Å². The van der Waals surface area contributed by atoms with Gasteiger partial charge in [0.15, 0.2) is 0 Å². The van der Waals surface area contributed by atoms with Crippen LogP contribution >= 0.6 is 15.9 Å². The van der Waals surface area contributed by atoms with E-state index in [-0.39, 0.29) is 5.69 Å². The van der Waals surface area contributed by atoms with Crippen molar-refractivity contribution in [2.75, 3.05) is 0 Å². The molecular formula is C12H12BrN3O. The maximum absolute atomic E-state index is 11.8. The summed E-state index contributed by atoms with van der Waals surface area (Å²) in [6, 6.07) is 3.84. The first-order chi connectivity index (χ1) is 8.06. The minimum atomic E-state index is -0.220. The number of rotatable bonds is 2. The molecule has 0 amide bonds. The highest BCUT2D eigenvalue weighted by Gasteiger charge is 2.04. The van der Waals surface area contributed by atoms with Crippen LogP contribution in [-0.2, 0) is 6.54 Å². The number of aromatic nitrogens is 3. The molecule has 2 heterocycles. The molecule has 88 valence electrons. The number of hydrogen-bond donors (Lipinski definition) is 0. The van der Waals surface area contributed by atoms with Crippen LogP contribution in [0.2, 0.25) is 0 Å². The maximum atomic E-state index is 11.8. The molecule has 2 rings (SSSR count). The minimum Gasteiger partial charge on any atom is -0.292 e. The Kier molecular flexibility index (Phi) is 3.38. The normalized spacial score (nSPS) is 10.5. The lowest BCUT2D eigenvalue weighted by Gasteiger charge is -2.09. The molecule has 2 aromatic rings. The van der Waals surface area contributed by atoms with Gasteiger partial charge in [-0.2, -0.15) is 4.98 Å². The molecule has 4 nitrogen and oxygen atoms in total. The van der Waals surface area contributed by atoms with E-state index in [2.05, 4.69) is 25.9 Å². The van der Waals surface area contributed by atoms with E-state index >= 15 is 0 Å². The molecule has 0 bridgehead atoms. The van der Waals surface area contributed by atoms with Gasteiger partial charge in [-0.25, -0.2) is 4.79 Å². The van der Waals surface area contributed by atoms with Gasteiger partial charge >= 0.3 is 5.69 Å². The topological polar surface area (TPSA) is 47.8 Å². The number of halogens is 1. The molecule has 0 saturated heterocycles. The summed E-state index contributed by atoms with van der Waals surface area (Å²) in [5, 5.41) is 0. The van der Waals surface area contributed by atoms with Gasteiger partial charge in [0.2, 0.25) is 0 Å². The molecule has 0 spiro atoms. The molecule has 17 heavy (non-hydrogen) atoms. The highest BCUT2D eigenvalue weighted by Crippen LogP contribution is 2.10. The zero-order chi connectivity index (χ0) is 12.4. The molecule has 0 aliphatic heterocycles. The molecule has 5 heteroatoms. The van der Waals surface area contributed by atoms with Crippen molar-refractivity contribution in [2.24, 2.45) is 0 Å². The first kappa shape index (κ1) is 12.0. The van der Waals surface area contributed by atoms with E-state index in [0.717, 1.165) is 21.4 Å². The van der Waals surface area contributed by atoms with Crippen molar-refractivity contribution in [3.8, 4) is 0 Å². The van der Waals surface area contributed by atoms with Crippen LogP contribution in [0, 0.1) is 13.8 Å². The summed E-state index contributed by atoms with van der Waals surface area (Å²) in [7, 11) is 0. The monoisotopic (exact) mass is 293 g/mol. The molecule has 0 atom stereocenters. The fraction of sp³-hybridized carbons (Fsp3) is 0.250. The molecular weight excluding hydrogens is 282 g/mol. The summed E-state index contributed by atoms with van der Waals surface area (Å²) in [5.74, 6) is 0. The molecule has 0 unspecified atom stereocenters. The quantitative estimate of drug-likeness (QED) is 0.852. The number of hydrogen-bond acceptors (Lipinski definition) is 3. The molecule has 0 aliphatic rings. The Morgan fingerprint density at radius 2 is 2.06 bits per heavy atom. The third kappa shape index (κ3) is 2.79. The highest BCUT2D eigenvalue weighted by atomic mass is 79.9. The van der Waals surface area contributed by atoms with Crippen molar-refractivity contribution in [2.45, 2.75) is 20.4 Å². The van der Waals surface area contributed by atoms with E-state index in [1.165, 1.54) is 0 Å². The number of pyridine rings is 1. The lowest BCUT2D eigenvalue weighted by atomic mass is 10.2. The first-order valence-corrected chi connectivity index (χ1v) is 6.00. The van der Waals surface area contributed by atoms with Crippen molar-refractivity contribution in [1.82, 2.24) is 14.5 Å². The van der Waals surface area contributed by atoms with Crippen LogP contribution in [0.1, 0.15) is 17.0 Å². The molecule has 0 radical (unpaired) electrons. The Balaban J connectivity index is 2.40. The van der Waals surface area contributed by atoms with E-state index in [1.807, 2.05) is 26.0 Å². The zero-order valence-corrected chi connectivity index (χ0v) is 11.2. The molecule has 2 aromatic heterocycles. The van der Waals surface area contributed by atoms with Crippen molar-refractivity contribution < 1.29 is 0 Å². The van der Waals surface area contributed by atoms with Gasteiger partial charge in [0.05, 0.1) is 6.54 Å². The summed E-state index contributed by atoms with van der Waals surface area (Å²) in [5.41, 5.74) is 2.40. The third-order valence-electron chi connectivity index (χ3n) is 2.45. The Morgan fingerprint density at radius 3 is 2.71 bits per heavy atom. The zero-order valence-electron chi connectivity index (χ0n) is 9.64.